The number of para-hydroxylation sites is 1. The van der Waals surface area contributed by atoms with Gasteiger partial charge in [0.25, 0.3) is 0 Å². The number of rotatable bonds is 6. The summed E-state index contributed by atoms with van der Waals surface area (Å²) in [6, 6.07) is 12.3. The number of nitrogens with one attached hydrogen (secondary N) is 1. The molecular formula is C25H27F3N4O3. The Hall–Kier alpha value is -3.40. The summed E-state index contributed by atoms with van der Waals surface area (Å²) in [6.07, 6.45) is -2.90. The Balaban J connectivity index is 1.24. The molecule has 2 fully saturated rings. The number of carbonyl (C=O) groups excluding carboxylic acids is 3. The summed E-state index contributed by atoms with van der Waals surface area (Å²) in [5.41, 5.74) is 0.548. The molecule has 0 aliphatic carbocycles. The normalized spacial score (nSPS) is 17.1. The fourth-order valence-electron chi connectivity index (χ4n) is 4.39. The molecule has 0 bridgehead atoms. The van der Waals surface area contributed by atoms with Crippen LogP contribution in [0.25, 0.3) is 0 Å². The fourth-order valence-corrected chi connectivity index (χ4v) is 4.39. The van der Waals surface area contributed by atoms with Gasteiger partial charge in [0.2, 0.25) is 17.7 Å². The molecule has 0 radical (unpaired) electrons. The zero-order valence-corrected chi connectivity index (χ0v) is 19.2. The zero-order chi connectivity index (χ0) is 25.0. The lowest BCUT2D eigenvalue weighted by molar-refractivity contribution is -0.137. The number of benzene rings is 2. The topological polar surface area (TPSA) is 73.0 Å². The van der Waals surface area contributed by atoms with Gasteiger partial charge in [-0.05, 0) is 36.2 Å². The molecule has 4 rings (SSSR count). The first-order valence-electron chi connectivity index (χ1n) is 11.6. The molecular weight excluding hydrogens is 461 g/mol. The van der Waals surface area contributed by atoms with Crippen molar-refractivity contribution in [3.8, 4) is 0 Å². The maximum Gasteiger partial charge on any atom is 0.418 e. The van der Waals surface area contributed by atoms with Gasteiger partial charge in [-0.3, -0.25) is 19.3 Å². The molecule has 2 aromatic carbocycles. The summed E-state index contributed by atoms with van der Waals surface area (Å²) in [4.78, 5) is 42.2. The van der Waals surface area contributed by atoms with Crippen LogP contribution in [0.4, 0.5) is 24.5 Å². The highest BCUT2D eigenvalue weighted by molar-refractivity contribution is 5.95. The van der Waals surface area contributed by atoms with E-state index in [1.54, 1.807) is 9.80 Å². The van der Waals surface area contributed by atoms with E-state index in [1.807, 2.05) is 29.2 Å². The smallest absolute Gasteiger partial charge is 0.340 e. The Morgan fingerprint density at radius 1 is 0.914 bits per heavy atom. The van der Waals surface area contributed by atoms with Crippen LogP contribution in [0.15, 0.2) is 48.5 Å². The van der Waals surface area contributed by atoms with E-state index in [-0.39, 0.29) is 30.5 Å². The molecule has 0 aromatic heterocycles. The molecule has 2 aliphatic heterocycles. The van der Waals surface area contributed by atoms with Crippen molar-refractivity contribution in [2.24, 2.45) is 0 Å². The largest absolute Gasteiger partial charge is 0.418 e. The van der Waals surface area contributed by atoms with E-state index in [9.17, 15) is 27.6 Å². The second-order valence-electron chi connectivity index (χ2n) is 8.74. The van der Waals surface area contributed by atoms with Gasteiger partial charge in [-0.15, -0.1) is 0 Å². The third kappa shape index (κ3) is 6.19. The van der Waals surface area contributed by atoms with Crippen molar-refractivity contribution < 1.29 is 27.6 Å². The number of alkyl halides is 3. The highest BCUT2D eigenvalue weighted by Crippen LogP contribution is 2.34. The van der Waals surface area contributed by atoms with Gasteiger partial charge >= 0.3 is 6.18 Å². The highest BCUT2D eigenvalue weighted by atomic mass is 19.4. The van der Waals surface area contributed by atoms with E-state index >= 15 is 0 Å². The van der Waals surface area contributed by atoms with Crippen LogP contribution in [0.1, 0.15) is 24.0 Å². The van der Waals surface area contributed by atoms with Crippen LogP contribution in [-0.4, -0.2) is 66.8 Å². The maximum atomic E-state index is 13.1. The first kappa shape index (κ1) is 24.7. The van der Waals surface area contributed by atoms with Crippen molar-refractivity contribution in [2.75, 3.05) is 49.5 Å². The number of halogens is 3. The summed E-state index contributed by atoms with van der Waals surface area (Å²) < 4.78 is 39.4. The summed E-state index contributed by atoms with van der Waals surface area (Å²) in [5, 5.41) is 2.35. The van der Waals surface area contributed by atoms with Crippen LogP contribution < -0.4 is 10.2 Å². The molecule has 186 valence electrons. The summed E-state index contributed by atoms with van der Waals surface area (Å²) in [7, 11) is 0. The van der Waals surface area contributed by atoms with Crippen molar-refractivity contribution in [1.82, 2.24) is 9.80 Å². The van der Waals surface area contributed by atoms with Crippen molar-refractivity contribution in [3.63, 3.8) is 0 Å². The minimum Gasteiger partial charge on any atom is -0.340 e. The fraction of sp³-hybridized carbons (Fsp3) is 0.400. The third-order valence-corrected chi connectivity index (χ3v) is 6.28. The number of anilines is 2. The zero-order valence-electron chi connectivity index (χ0n) is 19.2. The van der Waals surface area contributed by atoms with Crippen LogP contribution in [0.5, 0.6) is 0 Å². The van der Waals surface area contributed by atoms with E-state index in [0.717, 1.165) is 23.7 Å². The van der Waals surface area contributed by atoms with Gasteiger partial charge in [-0.2, -0.15) is 13.2 Å². The Kier molecular flexibility index (Phi) is 7.39. The molecule has 2 aromatic rings. The van der Waals surface area contributed by atoms with E-state index in [4.69, 9.17) is 0 Å². The van der Waals surface area contributed by atoms with Crippen LogP contribution in [0.2, 0.25) is 0 Å². The van der Waals surface area contributed by atoms with Crippen molar-refractivity contribution in [2.45, 2.75) is 25.4 Å². The number of piperazine rings is 1. The molecule has 7 nitrogen and oxygen atoms in total. The molecule has 0 atom stereocenters. The lowest BCUT2D eigenvalue weighted by Crippen LogP contribution is -2.50. The van der Waals surface area contributed by atoms with E-state index in [1.165, 1.54) is 18.2 Å². The predicted molar refractivity (Wildman–Crippen MR) is 125 cm³/mol. The first-order valence-corrected chi connectivity index (χ1v) is 11.6. The van der Waals surface area contributed by atoms with Gasteiger partial charge in [-0.1, -0.05) is 24.3 Å². The predicted octanol–water partition coefficient (Wildman–Crippen LogP) is 3.16. The third-order valence-electron chi connectivity index (χ3n) is 6.28. The van der Waals surface area contributed by atoms with Crippen LogP contribution >= 0.6 is 0 Å². The van der Waals surface area contributed by atoms with Crippen molar-refractivity contribution in [3.05, 3.63) is 59.7 Å². The monoisotopic (exact) mass is 488 g/mol. The molecule has 2 saturated heterocycles. The number of hydrogen-bond donors (Lipinski definition) is 1. The molecule has 0 saturated carbocycles. The first-order chi connectivity index (χ1) is 16.7. The van der Waals surface area contributed by atoms with Crippen LogP contribution in [-0.2, 0) is 27.0 Å². The van der Waals surface area contributed by atoms with Gasteiger partial charge in [0.1, 0.15) is 0 Å². The molecule has 0 unspecified atom stereocenters. The van der Waals surface area contributed by atoms with E-state index in [2.05, 4.69) is 5.32 Å². The number of hydrogen-bond acceptors (Lipinski definition) is 4. The second kappa shape index (κ2) is 10.5. The lowest BCUT2D eigenvalue weighted by Gasteiger charge is -2.34. The average Bonchev–Trinajstić information content (AvgIpc) is 3.25. The molecule has 2 heterocycles. The van der Waals surface area contributed by atoms with Gasteiger partial charge in [0.15, 0.2) is 0 Å². The number of nitrogens with zero attached hydrogens (tertiary/aromatic N) is 3. The maximum absolute atomic E-state index is 13.1. The molecule has 0 spiro atoms. The highest BCUT2D eigenvalue weighted by Gasteiger charge is 2.33. The number of amides is 3. The Morgan fingerprint density at radius 2 is 1.60 bits per heavy atom. The minimum absolute atomic E-state index is 0.0294. The molecule has 1 N–H and O–H groups in total. The van der Waals surface area contributed by atoms with Crippen LogP contribution in [0.3, 0.4) is 0 Å². The van der Waals surface area contributed by atoms with Gasteiger partial charge in [0, 0.05) is 44.8 Å². The van der Waals surface area contributed by atoms with Crippen molar-refractivity contribution in [1.29, 1.82) is 0 Å². The average molecular weight is 489 g/mol. The molecule has 2 aliphatic rings. The quantitative estimate of drug-likeness (QED) is 0.678. The van der Waals surface area contributed by atoms with Gasteiger partial charge in [-0.25, -0.2) is 0 Å². The lowest BCUT2D eigenvalue weighted by atomic mass is 10.1. The SMILES string of the molecule is O=C(CN1CCN(C(=O)Cc2ccc(N3CCCC3=O)cc2)CC1)Nc1ccccc1C(F)(F)F. The van der Waals surface area contributed by atoms with E-state index < -0.39 is 17.6 Å². The standard InChI is InChI=1S/C25H27F3N4O3/c26-25(27,28)20-4-1-2-5-21(20)29-22(33)17-30-12-14-31(15-13-30)24(35)16-18-7-9-19(10-8-18)32-11-3-6-23(32)34/h1-2,4-5,7-10H,3,6,11-17H2,(H,29,33). The van der Waals surface area contributed by atoms with Gasteiger partial charge < -0.3 is 15.1 Å². The van der Waals surface area contributed by atoms with Crippen LogP contribution in [0, 0.1) is 0 Å². The Labute approximate surface area is 201 Å². The number of carbonyl (C=O) groups is 3. The molecule has 35 heavy (non-hydrogen) atoms. The molecule has 3 amide bonds. The van der Waals surface area contributed by atoms with Crippen molar-refractivity contribution >= 4 is 29.1 Å². The Bertz CT molecular complexity index is 1080. The minimum atomic E-state index is -4.55. The second-order valence-corrected chi connectivity index (χ2v) is 8.74. The summed E-state index contributed by atoms with van der Waals surface area (Å²) in [6.45, 7) is 2.45. The summed E-state index contributed by atoms with van der Waals surface area (Å²) >= 11 is 0. The molecule has 10 heteroatoms. The summed E-state index contributed by atoms with van der Waals surface area (Å²) in [5.74, 6) is -0.443. The van der Waals surface area contributed by atoms with Gasteiger partial charge in [0.05, 0.1) is 24.2 Å². The van der Waals surface area contributed by atoms with E-state index in [0.29, 0.717) is 39.1 Å². The Morgan fingerprint density at radius 3 is 2.23 bits per heavy atom.